The molecule has 0 spiro atoms. The minimum atomic E-state index is -0.578. The molecule has 1 heterocycles. The molecule has 0 aromatic heterocycles. The number of nitro benzene ring substituents is 1. The van der Waals surface area contributed by atoms with Crippen LogP contribution in [0.1, 0.15) is 31.1 Å². The Bertz CT molecular complexity index is 673. The van der Waals surface area contributed by atoms with Gasteiger partial charge < -0.3 is 5.73 Å². The fourth-order valence-corrected chi connectivity index (χ4v) is 3.13. The molecule has 0 unspecified atom stereocenters. The Morgan fingerprint density at radius 2 is 2.22 bits per heavy atom. The maximum absolute atomic E-state index is 12.6. The van der Waals surface area contributed by atoms with E-state index >= 15 is 0 Å². The zero-order valence-corrected chi connectivity index (χ0v) is 14.1. The number of anilines is 1. The Morgan fingerprint density at radius 3 is 2.83 bits per heavy atom. The van der Waals surface area contributed by atoms with Crippen LogP contribution in [-0.2, 0) is 0 Å². The lowest BCUT2D eigenvalue weighted by Crippen LogP contribution is -2.33. The summed E-state index contributed by atoms with van der Waals surface area (Å²) in [6, 6.07) is 4.16. The highest BCUT2D eigenvalue weighted by molar-refractivity contribution is 8.02. The first kappa shape index (κ1) is 17.5. The van der Waals surface area contributed by atoms with Crippen molar-refractivity contribution < 1.29 is 9.72 Å². The maximum atomic E-state index is 12.6. The van der Waals surface area contributed by atoms with Crippen LogP contribution in [0.3, 0.4) is 0 Å². The molecule has 124 valence electrons. The number of nitro groups is 1. The van der Waals surface area contributed by atoms with E-state index in [-0.39, 0.29) is 22.7 Å². The number of nitrogens with two attached hydrogens (primary N) is 1. The highest BCUT2D eigenvalue weighted by Crippen LogP contribution is 2.34. The molecule has 1 aromatic carbocycles. The molecule has 23 heavy (non-hydrogen) atoms. The fourth-order valence-electron chi connectivity index (χ4n) is 2.09. The van der Waals surface area contributed by atoms with Gasteiger partial charge in [0.15, 0.2) is 0 Å². The lowest BCUT2D eigenvalue weighted by molar-refractivity contribution is -0.383. The standard InChI is InChI=1S/C15H20N4O3S/c1-9(2)7-17-18-8-10(3)15(23-18)14(20)11-4-5-12(16)13(6-11)19(21)22/h4-6,9,17H,7-8,16H2,1-3H3. The summed E-state index contributed by atoms with van der Waals surface area (Å²) in [6.45, 7) is 7.55. The van der Waals surface area contributed by atoms with Gasteiger partial charge in [0.25, 0.3) is 5.69 Å². The number of nitrogen functional groups attached to an aromatic ring is 1. The zero-order valence-electron chi connectivity index (χ0n) is 13.3. The molecule has 0 radical (unpaired) electrons. The van der Waals surface area contributed by atoms with Crippen molar-refractivity contribution in [3.8, 4) is 0 Å². The van der Waals surface area contributed by atoms with E-state index in [1.165, 1.54) is 30.1 Å². The number of allylic oxidation sites excluding steroid dienone is 1. The number of hydrazine groups is 1. The smallest absolute Gasteiger partial charge is 0.292 e. The normalized spacial score (nSPS) is 15.5. The molecule has 0 atom stereocenters. The Hall–Kier alpha value is -1.90. The van der Waals surface area contributed by atoms with Gasteiger partial charge in [0.1, 0.15) is 5.69 Å². The van der Waals surface area contributed by atoms with Crippen molar-refractivity contribution in [3.63, 3.8) is 0 Å². The monoisotopic (exact) mass is 336 g/mol. The number of nitrogens with one attached hydrogen (secondary N) is 1. The van der Waals surface area contributed by atoms with Crippen molar-refractivity contribution in [2.45, 2.75) is 20.8 Å². The molecule has 0 amide bonds. The quantitative estimate of drug-likeness (QED) is 0.271. The Balaban J connectivity index is 2.16. The third-order valence-electron chi connectivity index (χ3n) is 3.34. The van der Waals surface area contributed by atoms with Gasteiger partial charge in [-0.25, -0.2) is 5.43 Å². The van der Waals surface area contributed by atoms with Crippen LogP contribution < -0.4 is 11.2 Å². The molecule has 2 rings (SSSR count). The highest BCUT2D eigenvalue weighted by Gasteiger charge is 2.27. The molecule has 0 saturated carbocycles. The number of Topliss-reactive ketones (excluding diaryl/α,β-unsaturated/α-hetero) is 1. The summed E-state index contributed by atoms with van der Waals surface area (Å²) >= 11 is 1.33. The number of hydrogen-bond acceptors (Lipinski definition) is 7. The van der Waals surface area contributed by atoms with Gasteiger partial charge >= 0.3 is 0 Å². The molecule has 0 aliphatic carbocycles. The summed E-state index contributed by atoms with van der Waals surface area (Å²) in [6.07, 6.45) is 0. The van der Waals surface area contributed by atoms with Crippen LogP contribution in [0, 0.1) is 16.0 Å². The third kappa shape index (κ3) is 4.10. The molecule has 1 aliphatic heterocycles. The second kappa shape index (κ2) is 7.12. The molecule has 7 nitrogen and oxygen atoms in total. The summed E-state index contributed by atoms with van der Waals surface area (Å²) < 4.78 is 1.91. The van der Waals surface area contributed by atoms with Crippen molar-refractivity contribution in [1.29, 1.82) is 0 Å². The third-order valence-corrected chi connectivity index (χ3v) is 4.54. The first-order chi connectivity index (χ1) is 10.8. The summed E-state index contributed by atoms with van der Waals surface area (Å²) in [5.41, 5.74) is 9.86. The number of benzene rings is 1. The topological polar surface area (TPSA) is 102 Å². The van der Waals surface area contributed by atoms with E-state index in [1.54, 1.807) is 0 Å². The van der Waals surface area contributed by atoms with Crippen molar-refractivity contribution in [2.75, 3.05) is 18.8 Å². The van der Waals surface area contributed by atoms with Crippen LogP contribution in [0.4, 0.5) is 11.4 Å². The van der Waals surface area contributed by atoms with Crippen molar-refractivity contribution in [3.05, 3.63) is 44.4 Å². The number of carbonyl (C=O) groups excluding carboxylic acids is 1. The molecule has 0 bridgehead atoms. The fraction of sp³-hybridized carbons (Fsp3) is 0.400. The average Bonchev–Trinajstić information content (AvgIpc) is 2.85. The van der Waals surface area contributed by atoms with Gasteiger partial charge in [-0.05, 0) is 42.5 Å². The molecular formula is C15H20N4O3S. The van der Waals surface area contributed by atoms with E-state index in [9.17, 15) is 14.9 Å². The van der Waals surface area contributed by atoms with Gasteiger partial charge in [-0.2, -0.15) is 4.41 Å². The minimum absolute atomic E-state index is 0.0524. The summed E-state index contributed by atoms with van der Waals surface area (Å²) in [5.74, 6) is 0.278. The van der Waals surface area contributed by atoms with Crippen molar-refractivity contribution in [2.24, 2.45) is 5.92 Å². The molecule has 1 aromatic rings. The summed E-state index contributed by atoms with van der Waals surface area (Å²) in [7, 11) is 0. The SMILES string of the molecule is CC1=C(C(=O)c2ccc(N)c([N+](=O)[O-])c2)SN(NCC(C)C)C1. The highest BCUT2D eigenvalue weighted by atomic mass is 32.2. The van der Waals surface area contributed by atoms with Gasteiger partial charge in [-0.1, -0.05) is 13.8 Å². The Morgan fingerprint density at radius 1 is 1.52 bits per heavy atom. The lowest BCUT2D eigenvalue weighted by atomic mass is 10.1. The Kier molecular flexibility index (Phi) is 5.40. The van der Waals surface area contributed by atoms with E-state index in [0.29, 0.717) is 17.4 Å². The van der Waals surface area contributed by atoms with Gasteiger partial charge in [0, 0.05) is 24.7 Å². The second-order valence-electron chi connectivity index (χ2n) is 5.85. The Labute approximate surface area is 139 Å². The van der Waals surface area contributed by atoms with Crippen LogP contribution >= 0.6 is 11.9 Å². The minimum Gasteiger partial charge on any atom is -0.393 e. The van der Waals surface area contributed by atoms with Gasteiger partial charge in [-0.15, -0.1) is 0 Å². The van der Waals surface area contributed by atoms with E-state index < -0.39 is 4.92 Å². The molecule has 0 saturated heterocycles. The van der Waals surface area contributed by atoms with Crippen LogP contribution in [0.15, 0.2) is 28.7 Å². The lowest BCUT2D eigenvalue weighted by Gasteiger charge is -2.17. The van der Waals surface area contributed by atoms with Crippen LogP contribution in [0.25, 0.3) is 0 Å². The van der Waals surface area contributed by atoms with E-state index in [0.717, 1.165) is 12.1 Å². The molecule has 8 heteroatoms. The van der Waals surface area contributed by atoms with Gasteiger partial charge in [-0.3, -0.25) is 14.9 Å². The molecule has 1 aliphatic rings. The predicted molar refractivity (Wildman–Crippen MR) is 91.7 cm³/mol. The number of carbonyl (C=O) groups is 1. The van der Waals surface area contributed by atoms with Crippen molar-refractivity contribution in [1.82, 2.24) is 9.84 Å². The van der Waals surface area contributed by atoms with Crippen molar-refractivity contribution >= 4 is 29.1 Å². The van der Waals surface area contributed by atoms with E-state index in [2.05, 4.69) is 19.3 Å². The molecule has 3 N–H and O–H groups in total. The van der Waals surface area contributed by atoms with E-state index in [1.807, 2.05) is 11.3 Å². The average molecular weight is 336 g/mol. The van der Waals surface area contributed by atoms with Crippen LogP contribution in [0.2, 0.25) is 0 Å². The zero-order chi connectivity index (χ0) is 17.1. The predicted octanol–water partition coefficient (Wildman–Crippen LogP) is 2.76. The molecular weight excluding hydrogens is 316 g/mol. The first-order valence-corrected chi connectivity index (χ1v) is 8.04. The second-order valence-corrected chi connectivity index (χ2v) is 6.88. The van der Waals surface area contributed by atoms with Gasteiger partial charge in [0.2, 0.25) is 5.78 Å². The molecule has 0 fully saturated rings. The van der Waals surface area contributed by atoms with Gasteiger partial charge in [0.05, 0.1) is 9.83 Å². The number of ketones is 1. The largest absolute Gasteiger partial charge is 0.393 e. The summed E-state index contributed by atoms with van der Waals surface area (Å²) in [5, 5.41) is 11.0. The number of rotatable bonds is 6. The number of hydrogen-bond donors (Lipinski definition) is 2. The first-order valence-electron chi connectivity index (χ1n) is 7.27. The van der Waals surface area contributed by atoms with Crippen LogP contribution in [0.5, 0.6) is 0 Å². The van der Waals surface area contributed by atoms with E-state index in [4.69, 9.17) is 5.73 Å². The maximum Gasteiger partial charge on any atom is 0.292 e. The number of nitrogens with zero attached hydrogens (tertiary/aromatic N) is 2. The van der Waals surface area contributed by atoms with Crippen LogP contribution in [-0.4, -0.2) is 28.2 Å². The summed E-state index contributed by atoms with van der Waals surface area (Å²) in [4.78, 5) is 23.6.